The molecule has 8 heteroatoms. The molecule has 3 heterocycles. The molecule has 0 bridgehead atoms. The first-order valence-corrected chi connectivity index (χ1v) is 10.6. The smallest absolute Gasteiger partial charge is 0.281 e. The topological polar surface area (TPSA) is 69.6 Å². The number of piperidine rings is 1. The average Bonchev–Trinajstić information content (AvgIpc) is 2.69. The summed E-state index contributed by atoms with van der Waals surface area (Å²) >= 11 is 0. The molecule has 1 fully saturated rings. The first kappa shape index (κ1) is 18.3. The third kappa shape index (κ3) is 3.22. The van der Waals surface area contributed by atoms with Crippen LogP contribution in [0.2, 0.25) is 0 Å². The Labute approximate surface area is 160 Å². The van der Waals surface area contributed by atoms with E-state index in [9.17, 15) is 8.42 Å². The second-order valence-corrected chi connectivity index (χ2v) is 9.69. The molecule has 1 saturated heterocycles. The summed E-state index contributed by atoms with van der Waals surface area (Å²) in [6.45, 7) is 2.64. The summed E-state index contributed by atoms with van der Waals surface area (Å²) in [6, 6.07) is 8.29. The van der Waals surface area contributed by atoms with Gasteiger partial charge in [0.05, 0.1) is 6.20 Å². The van der Waals surface area contributed by atoms with E-state index in [1.54, 1.807) is 37.0 Å². The number of hydrogen-bond acceptors (Lipinski definition) is 5. The molecule has 1 aromatic carbocycles. The highest BCUT2D eigenvalue weighted by molar-refractivity contribution is 7.86. The Bertz CT molecular complexity index is 909. The zero-order valence-corrected chi connectivity index (χ0v) is 16.6. The van der Waals surface area contributed by atoms with E-state index in [4.69, 9.17) is 0 Å². The molecule has 0 unspecified atom stereocenters. The number of rotatable bonds is 3. The third-order valence-corrected chi connectivity index (χ3v) is 7.63. The molecule has 0 N–H and O–H groups in total. The van der Waals surface area contributed by atoms with Crippen molar-refractivity contribution in [2.24, 2.45) is 0 Å². The zero-order valence-electron chi connectivity index (χ0n) is 15.7. The van der Waals surface area contributed by atoms with E-state index in [1.165, 1.54) is 9.87 Å². The van der Waals surface area contributed by atoms with Gasteiger partial charge in [-0.25, -0.2) is 4.98 Å². The molecule has 2 aliphatic rings. The quantitative estimate of drug-likeness (QED) is 0.801. The van der Waals surface area contributed by atoms with Crippen LogP contribution in [0.5, 0.6) is 0 Å². The fourth-order valence-corrected chi connectivity index (χ4v) is 5.46. The second kappa shape index (κ2) is 6.85. The number of aromatic nitrogens is 2. The molecule has 144 valence electrons. The van der Waals surface area contributed by atoms with Crippen LogP contribution in [0.4, 0.5) is 5.82 Å². The highest BCUT2D eigenvalue weighted by Gasteiger charge is 2.45. The fourth-order valence-electron chi connectivity index (χ4n) is 4.28. The normalized spacial score (nSPS) is 20.0. The lowest BCUT2D eigenvalue weighted by Crippen LogP contribution is -2.55. The van der Waals surface area contributed by atoms with Gasteiger partial charge in [0, 0.05) is 58.1 Å². The van der Waals surface area contributed by atoms with Crippen molar-refractivity contribution >= 4 is 16.0 Å². The molecule has 0 amide bonds. The van der Waals surface area contributed by atoms with Crippen molar-refractivity contribution in [3.05, 3.63) is 54.0 Å². The van der Waals surface area contributed by atoms with Crippen molar-refractivity contribution in [1.29, 1.82) is 0 Å². The predicted molar refractivity (Wildman–Crippen MR) is 105 cm³/mol. The zero-order chi connectivity index (χ0) is 19.1. The summed E-state index contributed by atoms with van der Waals surface area (Å²) in [5.41, 5.74) is 2.26. The van der Waals surface area contributed by atoms with Crippen molar-refractivity contribution in [2.45, 2.75) is 24.8 Å². The van der Waals surface area contributed by atoms with E-state index >= 15 is 0 Å². The SMILES string of the molecule is CN(C)S(=O)(=O)N1Cc2ccccc2C2(CCN(c3cnccn3)CC2)C1. The number of fused-ring (bicyclic) bond motifs is 2. The molecule has 0 radical (unpaired) electrons. The summed E-state index contributed by atoms with van der Waals surface area (Å²) in [6.07, 6.45) is 6.95. The third-order valence-electron chi connectivity index (χ3n) is 5.80. The van der Waals surface area contributed by atoms with Gasteiger partial charge in [0.2, 0.25) is 0 Å². The second-order valence-electron chi connectivity index (χ2n) is 7.55. The first-order valence-electron chi connectivity index (χ1n) is 9.19. The monoisotopic (exact) mass is 387 g/mol. The van der Waals surface area contributed by atoms with E-state index in [0.717, 1.165) is 37.3 Å². The molecule has 4 rings (SSSR count). The van der Waals surface area contributed by atoms with Crippen LogP contribution in [0, 0.1) is 0 Å². The van der Waals surface area contributed by atoms with Gasteiger partial charge in [-0.05, 0) is 24.0 Å². The maximum Gasteiger partial charge on any atom is 0.281 e. The van der Waals surface area contributed by atoms with Gasteiger partial charge in [-0.1, -0.05) is 24.3 Å². The van der Waals surface area contributed by atoms with Crippen LogP contribution in [0.3, 0.4) is 0 Å². The van der Waals surface area contributed by atoms with Gasteiger partial charge in [0.1, 0.15) is 5.82 Å². The first-order chi connectivity index (χ1) is 12.9. The Morgan fingerprint density at radius 2 is 1.85 bits per heavy atom. The highest BCUT2D eigenvalue weighted by atomic mass is 32.2. The molecule has 0 aliphatic carbocycles. The summed E-state index contributed by atoms with van der Waals surface area (Å²) in [5, 5.41) is 0. The molecule has 0 atom stereocenters. The molecule has 7 nitrogen and oxygen atoms in total. The average molecular weight is 388 g/mol. The molecule has 0 saturated carbocycles. The number of hydrogen-bond donors (Lipinski definition) is 0. The van der Waals surface area contributed by atoms with Crippen LogP contribution in [0.1, 0.15) is 24.0 Å². The Morgan fingerprint density at radius 3 is 2.52 bits per heavy atom. The number of nitrogens with zero attached hydrogens (tertiary/aromatic N) is 5. The maximum absolute atomic E-state index is 12.8. The molecular weight excluding hydrogens is 362 g/mol. The number of benzene rings is 1. The van der Waals surface area contributed by atoms with Crippen LogP contribution in [0.15, 0.2) is 42.9 Å². The standard InChI is InChI=1S/C19H25N5O2S/c1-22(2)27(25,26)24-14-16-5-3-4-6-17(16)19(15-24)7-11-23(12-8-19)18-13-20-9-10-21-18/h3-6,9-10,13H,7-8,11-12,14-15H2,1-2H3. The van der Waals surface area contributed by atoms with Gasteiger partial charge in [-0.2, -0.15) is 17.0 Å². The minimum absolute atomic E-state index is 0.156. The minimum atomic E-state index is -3.45. The van der Waals surface area contributed by atoms with Crippen LogP contribution >= 0.6 is 0 Å². The summed E-state index contributed by atoms with van der Waals surface area (Å²) in [5.74, 6) is 0.884. The van der Waals surface area contributed by atoms with Crippen molar-refractivity contribution < 1.29 is 8.42 Å². The van der Waals surface area contributed by atoms with E-state index in [2.05, 4.69) is 33.1 Å². The Kier molecular flexibility index (Phi) is 4.65. The molecule has 2 aliphatic heterocycles. The van der Waals surface area contributed by atoms with Crippen molar-refractivity contribution in [3.8, 4) is 0 Å². The van der Waals surface area contributed by atoms with Gasteiger partial charge in [-0.3, -0.25) is 4.98 Å². The lowest BCUT2D eigenvalue weighted by atomic mass is 9.69. The van der Waals surface area contributed by atoms with Crippen LogP contribution < -0.4 is 4.90 Å². The van der Waals surface area contributed by atoms with Crippen molar-refractivity contribution in [3.63, 3.8) is 0 Å². The lowest BCUT2D eigenvalue weighted by Gasteiger charge is -2.48. The minimum Gasteiger partial charge on any atom is -0.355 e. The summed E-state index contributed by atoms with van der Waals surface area (Å²) in [7, 11) is -0.260. The van der Waals surface area contributed by atoms with E-state index < -0.39 is 10.2 Å². The van der Waals surface area contributed by atoms with E-state index in [0.29, 0.717) is 13.1 Å². The van der Waals surface area contributed by atoms with Gasteiger partial charge in [0.15, 0.2) is 0 Å². The summed E-state index contributed by atoms with van der Waals surface area (Å²) in [4.78, 5) is 10.8. The Balaban J connectivity index is 1.65. The Hall–Kier alpha value is -2.03. The van der Waals surface area contributed by atoms with Crippen LogP contribution in [-0.2, 0) is 22.2 Å². The van der Waals surface area contributed by atoms with Crippen molar-refractivity contribution in [1.82, 2.24) is 18.6 Å². The Morgan fingerprint density at radius 1 is 1.11 bits per heavy atom. The molecule has 1 aromatic heterocycles. The summed E-state index contributed by atoms with van der Waals surface area (Å²) < 4.78 is 28.6. The van der Waals surface area contributed by atoms with E-state index in [-0.39, 0.29) is 5.41 Å². The van der Waals surface area contributed by atoms with Gasteiger partial charge < -0.3 is 4.90 Å². The largest absolute Gasteiger partial charge is 0.355 e. The van der Waals surface area contributed by atoms with Crippen LogP contribution in [-0.4, -0.2) is 60.7 Å². The fraction of sp³-hybridized carbons (Fsp3) is 0.474. The lowest BCUT2D eigenvalue weighted by molar-refractivity contribution is 0.218. The predicted octanol–water partition coefficient (Wildman–Crippen LogP) is 1.64. The molecule has 1 spiro atoms. The van der Waals surface area contributed by atoms with Gasteiger partial charge in [-0.15, -0.1) is 0 Å². The number of anilines is 1. The van der Waals surface area contributed by atoms with E-state index in [1.807, 2.05) is 6.07 Å². The molecular formula is C19H25N5O2S. The highest BCUT2D eigenvalue weighted by Crippen LogP contribution is 2.43. The molecule has 27 heavy (non-hydrogen) atoms. The maximum atomic E-state index is 12.8. The van der Waals surface area contributed by atoms with Gasteiger partial charge in [0.25, 0.3) is 10.2 Å². The molecule has 2 aromatic rings. The van der Waals surface area contributed by atoms with Crippen LogP contribution in [0.25, 0.3) is 0 Å². The van der Waals surface area contributed by atoms with Crippen molar-refractivity contribution in [2.75, 3.05) is 38.6 Å². The van der Waals surface area contributed by atoms with Gasteiger partial charge >= 0.3 is 0 Å².